The van der Waals surface area contributed by atoms with Crippen molar-refractivity contribution in [1.82, 2.24) is 5.32 Å². The van der Waals surface area contributed by atoms with Gasteiger partial charge in [-0.1, -0.05) is 30.5 Å². The molecule has 1 amide bonds. The molecule has 0 aromatic heterocycles. The highest BCUT2D eigenvalue weighted by Gasteiger charge is 2.28. The number of carbonyl (C=O) groups is 1. The zero-order valence-electron chi connectivity index (χ0n) is 10.8. The molecule has 7 heteroatoms. The summed E-state index contributed by atoms with van der Waals surface area (Å²) in [6.45, 7) is 0. The maximum Gasteiger partial charge on any atom is 0.283 e. The first-order valence-corrected chi connectivity index (χ1v) is 6.88. The van der Waals surface area contributed by atoms with Crippen molar-refractivity contribution in [2.24, 2.45) is 5.73 Å². The molecule has 0 radical (unpaired) electrons. The molecule has 0 aliphatic heterocycles. The van der Waals surface area contributed by atoms with Crippen molar-refractivity contribution in [3.05, 3.63) is 38.9 Å². The van der Waals surface area contributed by atoms with Gasteiger partial charge in [-0.15, -0.1) is 0 Å². The van der Waals surface area contributed by atoms with E-state index in [1.165, 1.54) is 18.2 Å². The van der Waals surface area contributed by atoms with Crippen molar-refractivity contribution >= 4 is 23.2 Å². The summed E-state index contributed by atoms with van der Waals surface area (Å²) in [4.78, 5) is 22.6. The third-order valence-corrected chi connectivity index (χ3v) is 3.87. The zero-order chi connectivity index (χ0) is 14.7. The van der Waals surface area contributed by atoms with E-state index in [2.05, 4.69) is 5.32 Å². The Hall–Kier alpha value is -1.66. The van der Waals surface area contributed by atoms with E-state index in [9.17, 15) is 14.9 Å². The molecule has 0 saturated heterocycles. The lowest BCUT2D eigenvalue weighted by molar-refractivity contribution is -0.385. The first kappa shape index (κ1) is 14.7. The number of nitrogens with one attached hydrogen (secondary N) is 1. The molecular formula is C13H16ClN3O3. The van der Waals surface area contributed by atoms with Crippen LogP contribution in [0.15, 0.2) is 18.2 Å². The fourth-order valence-corrected chi connectivity index (χ4v) is 2.72. The summed E-state index contributed by atoms with van der Waals surface area (Å²) < 4.78 is 0. The van der Waals surface area contributed by atoms with Gasteiger partial charge in [-0.3, -0.25) is 14.9 Å². The summed E-state index contributed by atoms with van der Waals surface area (Å²) in [5, 5.41) is 13.8. The summed E-state index contributed by atoms with van der Waals surface area (Å²) >= 11 is 5.93. The molecule has 2 atom stereocenters. The average Bonchev–Trinajstić information content (AvgIpc) is 2.40. The smallest absolute Gasteiger partial charge is 0.283 e. The Balaban J connectivity index is 2.23. The Labute approximate surface area is 121 Å². The van der Waals surface area contributed by atoms with E-state index >= 15 is 0 Å². The first-order valence-electron chi connectivity index (χ1n) is 6.50. The molecule has 0 heterocycles. The highest BCUT2D eigenvalue weighted by atomic mass is 35.5. The molecular weight excluding hydrogens is 282 g/mol. The fraction of sp³-hybridized carbons (Fsp3) is 0.462. The van der Waals surface area contributed by atoms with E-state index in [-0.39, 0.29) is 28.4 Å². The SMILES string of the molecule is NC1CCCCC1NC(=O)c1c(Cl)cccc1[N+](=O)[O-]. The molecule has 2 rings (SSSR count). The van der Waals surface area contributed by atoms with E-state index in [1.54, 1.807) is 0 Å². The van der Waals surface area contributed by atoms with Gasteiger partial charge in [0.15, 0.2) is 0 Å². The van der Waals surface area contributed by atoms with E-state index in [4.69, 9.17) is 17.3 Å². The third-order valence-electron chi connectivity index (χ3n) is 3.55. The van der Waals surface area contributed by atoms with Crippen LogP contribution in [0.25, 0.3) is 0 Å². The van der Waals surface area contributed by atoms with Gasteiger partial charge in [0.2, 0.25) is 0 Å². The van der Waals surface area contributed by atoms with E-state index < -0.39 is 10.8 Å². The van der Waals surface area contributed by atoms with Crippen LogP contribution < -0.4 is 11.1 Å². The molecule has 1 aliphatic carbocycles. The Morgan fingerprint density at radius 3 is 2.75 bits per heavy atom. The van der Waals surface area contributed by atoms with Crippen LogP contribution in [0.1, 0.15) is 36.0 Å². The zero-order valence-corrected chi connectivity index (χ0v) is 11.6. The van der Waals surface area contributed by atoms with Gasteiger partial charge in [0.1, 0.15) is 5.56 Å². The van der Waals surface area contributed by atoms with Crippen LogP contribution >= 0.6 is 11.6 Å². The summed E-state index contributed by atoms with van der Waals surface area (Å²) in [6, 6.07) is 3.90. The molecule has 108 valence electrons. The summed E-state index contributed by atoms with van der Waals surface area (Å²) in [6.07, 6.45) is 3.66. The molecule has 6 nitrogen and oxygen atoms in total. The highest BCUT2D eigenvalue weighted by Crippen LogP contribution is 2.27. The number of carbonyl (C=O) groups excluding carboxylic acids is 1. The van der Waals surface area contributed by atoms with Crippen molar-refractivity contribution in [2.75, 3.05) is 0 Å². The number of nitro groups is 1. The average molecular weight is 298 g/mol. The number of rotatable bonds is 3. The molecule has 1 saturated carbocycles. The number of nitro benzene ring substituents is 1. The van der Waals surface area contributed by atoms with Gasteiger partial charge in [0.05, 0.1) is 9.95 Å². The van der Waals surface area contributed by atoms with E-state index in [0.29, 0.717) is 0 Å². The van der Waals surface area contributed by atoms with Gasteiger partial charge in [0, 0.05) is 18.2 Å². The van der Waals surface area contributed by atoms with Gasteiger partial charge in [0.25, 0.3) is 11.6 Å². The normalized spacial score (nSPS) is 22.3. The first-order chi connectivity index (χ1) is 9.50. The summed E-state index contributed by atoms with van der Waals surface area (Å²) in [7, 11) is 0. The fourth-order valence-electron chi connectivity index (χ4n) is 2.47. The molecule has 0 spiro atoms. The van der Waals surface area contributed by atoms with Crippen LogP contribution in [0.3, 0.4) is 0 Å². The van der Waals surface area contributed by atoms with Crippen LogP contribution in [-0.2, 0) is 0 Å². The molecule has 1 fully saturated rings. The minimum atomic E-state index is -0.610. The number of benzene rings is 1. The molecule has 20 heavy (non-hydrogen) atoms. The van der Waals surface area contributed by atoms with Gasteiger partial charge >= 0.3 is 0 Å². The third kappa shape index (κ3) is 3.08. The summed E-state index contributed by atoms with van der Waals surface area (Å²) in [5.74, 6) is -0.537. The van der Waals surface area contributed by atoms with Crippen molar-refractivity contribution < 1.29 is 9.72 Å². The molecule has 3 N–H and O–H groups in total. The van der Waals surface area contributed by atoms with Crippen LogP contribution in [0.5, 0.6) is 0 Å². The standard InChI is InChI=1S/C13H16ClN3O3/c14-8-4-3-7-11(17(19)20)12(8)13(18)16-10-6-2-1-5-9(10)15/h3-4,7,9-10H,1-2,5-6,15H2,(H,16,18). The Morgan fingerprint density at radius 2 is 2.10 bits per heavy atom. The maximum atomic E-state index is 12.2. The number of halogens is 1. The predicted molar refractivity (Wildman–Crippen MR) is 75.8 cm³/mol. The lowest BCUT2D eigenvalue weighted by Gasteiger charge is -2.29. The van der Waals surface area contributed by atoms with Crippen molar-refractivity contribution in [3.8, 4) is 0 Å². The van der Waals surface area contributed by atoms with Gasteiger partial charge in [-0.05, 0) is 18.9 Å². The van der Waals surface area contributed by atoms with Crippen molar-refractivity contribution in [1.29, 1.82) is 0 Å². The van der Waals surface area contributed by atoms with Crippen LogP contribution in [-0.4, -0.2) is 22.9 Å². The minimum Gasteiger partial charge on any atom is -0.347 e. The second kappa shape index (κ2) is 6.19. The maximum absolute atomic E-state index is 12.2. The lowest BCUT2D eigenvalue weighted by atomic mass is 9.91. The Morgan fingerprint density at radius 1 is 1.40 bits per heavy atom. The Bertz CT molecular complexity index is 536. The van der Waals surface area contributed by atoms with Gasteiger partial charge in [-0.2, -0.15) is 0 Å². The van der Waals surface area contributed by atoms with Gasteiger partial charge in [-0.25, -0.2) is 0 Å². The van der Waals surface area contributed by atoms with E-state index in [1.807, 2.05) is 0 Å². The largest absolute Gasteiger partial charge is 0.347 e. The number of amides is 1. The van der Waals surface area contributed by atoms with Crippen LogP contribution in [0.2, 0.25) is 5.02 Å². The monoisotopic (exact) mass is 297 g/mol. The van der Waals surface area contributed by atoms with Crippen LogP contribution in [0, 0.1) is 10.1 Å². The molecule has 2 unspecified atom stereocenters. The molecule has 0 bridgehead atoms. The predicted octanol–water partition coefficient (Wildman–Crippen LogP) is 2.25. The number of hydrogen-bond acceptors (Lipinski definition) is 4. The molecule has 1 aromatic rings. The van der Waals surface area contributed by atoms with Crippen LogP contribution in [0.4, 0.5) is 5.69 Å². The topological polar surface area (TPSA) is 98.3 Å². The lowest BCUT2D eigenvalue weighted by Crippen LogP contribution is -2.49. The second-order valence-corrected chi connectivity index (χ2v) is 5.33. The molecule has 1 aliphatic rings. The second-order valence-electron chi connectivity index (χ2n) is 4.92. The van der Waals surface area contributed by atoms with Crippen molar-refractivity contribution in [2.45, 2.75) is 37.8 Å². The summed E-state index contributed by atoms with van der Waals surface area (Å²) in [5.41, 5.74) is 5.57. The van der Waals surface area contributed by atoms with E-state index in [0.717, 1.165) is 25.7 Å². The quantitative estimate of drug-likeness (QED) is 0.660. The minimum absolute atomic E-state index is 0.0704. The van der Waals surface area contributed by atoms with Gasteiger partial charge < -0.3 is 11.1 Å². The molecule has 1 aromatic carbocycles. The number of nitrogens with zero attached hydrogens (tertiary/aromatic N) is 1. The highest BCUT2D eigenvalue weighted by molar-refractivity contribution is 6.34. The Kier molecular flexibility index (Phi) is 4.57. The number of nitrogens with two attached hydrogens (primary N) is 1. The number of hydrogen-bond donors (Lipinski definition) is 2. The van der Waals surface area contributed by atoms with Crippen molar-refractivity contribution in [3.63, 3.8) is 0 Å².